The molecule has 5 heteroatoms. The Bertz CT molecular complexity index is 296. The molecule has 0 saturated carbocycles. The molecule has 4 nitrogen and oxygen atoms in total. The number of nitrogens with zero attached hydrogens (tertiary/aromatic N) is 1. The van der Waals surface area contributed by atoms with Crippen molar-refractivity contribution in [2.45, 2.75) is 13.3 Å². The Hall–Kier alpha value is -0.940. The fourth-order valence-electron chi connectivity index (χ4n) is 0.944. The molecule has 1 heterocycles. The molecule has 0 aliphatic heterocycles. The number of thiazole rings is 1. The summed E-state index contributed by atoms with van der Waals surface area (Å²) in [5, 5.41) is 9.51. The number of carboxylic acid groups (broad SMARTS) is 1. The van der Waals surface area contributed by atoms with Crippen LogP contribution in [-0.2, 0) is 6.42 Å². The predicted molar refractivity (Wildman–Crippen MR) is 46.6 cm³/mol. The van der Waals surface area contributed by atoms with Crippen LogP contribution in [0.25, 0.3) is 0 Å². The lowest BCUT2D eigenvalue weighted by atomic mass is 10.3. The molecule has 0 aliphatic rings. The minimum absolute atomic E-state index is 0.318. The van der Waals surface area contributed by atoms with Gasteiger partial charge in [-0.1, -0.05) is 0 Å². The number of aromatic nitrogens is 1. The van der Waals surface area contributed by atoms with Crippen LogP contribution in [0.4, 0.5) is 0 Å². The monoisotopic (exact) mass is 186 g/mol. The van der Waals surface area contributed by atoms with Gasteiger partial charge in [0, 0.05) is 6.42 Å². The second kappa shape index (κ2) is 3.64. The topological polar surface area (TPSA) is 76.2 Å². The molecule has 0 fully saturated rings. The maximum atomic E-state index is 10.6. The Kier molecular flexibility index (Phi) is 2.78. The van der Waals surface area contributed by atoms with Crippen LogP contribution < -0.4 is 5.73 Å². The average Bonchev–Trinajstić information content (AvgIpc) is 2.32. The smallest absolute Gasteiger partial charge is 0.347 e. The Labute approximate surface area is 74.0 Å². The van der Waals surface area contributed by atoms with Gasteiger partial charge in [0.25, 0.3) is 0 Å². The van der Waals surface area contributed by atoms with Crippen LogP contribution in [-0.4, -0.2) is 22.6 Å². The van der Waals surface area contributed by atoms with E-state index in [1.54, 1.807) is 6.92 Å². The van der Waals surface area contributed by atoms with Crippen molar-refractivity contribution in [3.05, 3.63) is 15.6 Å². The van der Waals surface area contributed by atoms with Crippen molar-refractivity contribution in [1.82, 2.24) is 4.98 Å². The molecule has 0 saturated heterocycles. The number of nitrogens with two attached hydrogens (primary N) is 1. The lowest BCUT2D eigenvalue weighted by molar-refractivity contribution is 0.0701. The van der Waals surface area contributed by atoms with Crippen molar-refractivity contribution >= 4 is 17.3 Å². The summed E-state index contributed by atoms with van der Waals surface area (Å²) >= 11 is 1.20. The summed E-state index contributed by atoms with van der Waals surface area (Å²) in [6, 6.07) is 0. The van der Waals surface area contributed by atoms with Crippen LogP contribution in [0.2, 0.25) is 0 Å². The van der Waals surface area contributed by atoms with E-state index in [1.807, 2.05) is 0 Å². The first-order valence-electron chi connectivity index (χ1n) is 3.54. The molecule has 12 heavy (non-hydrogen) atoms. The summed E-state index contributed by atoms with van der Waals surface area (Å²) < 4.78 is 0. The molecule has 0 bridgehead atoms. The average molecular weight is 186 g/mol. The highest BCUT2D eigenvalue weighted by molar-refractivity contribution is 7.13. The number of hydrogen-bond acceptors (Lipinski definition) is 4. The highest BCUT2D eigenvalue weighted by Crippen LogP contribution is 2.17. The third-order valence-electron chi connectivity index (χ3n) is 1.38. The molecular formula is C7H10N2O2S. The number of rotatable bonds is 3. The summed E-state index contributed by atoms with van der Waals surface area (Å²) in [5.74, 6) is -0.913. The second-order valence-electron chi connectivity index (χ2n) is 2.35. The molecule has 1 rings (SSSR count). The van der Waals surface area contributed by atoms with Crippen LogP contribution in [0.1, 0.15) is 20.4 Å². The maximum Gasteiger partial charge on any atom is 0.347 e. The zero-order chi connectivity index (χ0) is 9.14. The molecule has 0 aliphatic carbocycles. The molecular weight excluding hydrogens is 176 g/mol. The van der Waals surface area contributed by atoms with Crippen molar-refractivity contribution < 1.29 is 9.90 Å². The summed E-state index contributed by atoms with van der Waals surface area (Å²) in [6.45, 7) is 2.22. The van der Waals surface area contributed by atoms with E-state index < -0.39 is 5.97 Å². The van der Waals surface area contributed by atoms with Gasteiger partial charge in [-0.3, -0.25) is 0 Å². The van der Waals surface area contributed by atoms with Crippen LogP contribution in [0.15, 0.2) is 0 Å². The van der Waals surface area contributed by atoms with Gasteiger partial charge in [0.1, 0.15) is 4.88 Å². The molecule has 0 radical (unpaired) electrons. The van der Waals surface area contributed by atoms with Crippen molar-refractivity contribution in [2.75, 3.05) is 6.54 Å². The summed E-state index contributed by atoms with van der Waals surface area (Å²) in [6.07, 6.45) is 0.534. The van der Waals surface area contributed by atoms with Gasteiger partial charge in [-0.15, -0.1) is 11.3 Å². The normalized spacial score (nSPS) is 10.2. The minimum Gasteiger partial charge on any atom is -0.477 e. The third-order valence-corrected chi connectivity index (χ3v) is 2.38. The van der Waals surface area contributed by atoms with Gasteiger partial charge < -0.3 is 10.8 Å². The first-order valence-corrected chi connectivity index (χ1v) is 4.36. The molecule has 0 atom stereocenters. The molecule has 0 amide bonds. The highest BCUT2D eigenvalue weighted by Gasteiger charge is 2.14. The number of carbonyl (C=O) groups is 1. The van der Waals surface area contributed by atoms with E-state index in [0.717, 1.165) is 5.01 Å². The highest BCUT2D eigenvalue weighted by atomic mass is 32.1. The van der Waals surface area contributed by atoms with E-state index in [-0.39, 0.29) is 0 Å². The molecule has 1 aromatic rings. The number of aryl methyl sites for hydroxylation is 1. The van der Waals surface area contributed by atoms with Gasteiger partial charge in [0.15, 0.2) is 0 Å². The third kappa shape index (κ3) is 1.80. The van der Waals surface area contributed by atoms with Gasteiger partial charge in [0.05, 0.1) is 10.7 Å². The van der Waals surface area contributed by atoms with Crippen molar-refractivity contribution in [3.8, 4) is 0 Å². The lowest BCUT2D eigenvalue weighted by Crippen LogP contribution is -2.07. The van der Waals surface area contributed by atoms with Crippen LogP contribution in [0.5, 0.6) is 0 Å². The zero-order valence-corrected chi connectivity index (χ0v) is 7.52. The number of carboxylic acids is 1. The van der Waals surface area contributed by atoms with Crippen LogP contribution >= 0.6 is 11.3 Å². The van der Waals surface area contributed by atoms with Crippen LogP contribution in [0.3, 0.4) is 0 Å². The molecule has 0 aromatic carbocycles. The van der Waals surface area contributed by atoms with Crippen molar-refractivity contribution in [3.63, 3.8) is 0 Å². The quantitative estimate of drug-likeness (QED) is 0.726. The largest absolute Gasteiger partial charge is 0.477 e. The zero-order valence-electron chi connectivity index (χ0n) is 6.70. The van der Waals surface area contributed by atoms with E-state index in [4.69, 9.17) is 10.8 Å². The first-order chi connectivity index (χ1) is 5.65. The lowest BCUT2D eigenvalue weighted by Gasteiger charge is -1.93. The molecule has 66 valence electrons. The van der Waals surface area contributed by atoms with Gasteiger partial charge >= 0.3 is 5.97 Å². The van der Waals surface area contributed by atoms with Crippen LogP contribution in [0, 0.1) is 6.92 Å². The van der Waals surface area contributed by atoms with Gasteiger partial charge in [0.2, 0.25) is 0 Å². The van der Waals surface area contributed by atoms with E-state index in [2.05, 4.69) is 4.98 Å². The fraction of sp³-hybridized carbons (Fsp3) is 0.429. The Morgan fingerprint density at radius 3 is 2.92 bits per heavy atom. The Balaban J connectivity index is 2.99. The predicted octanol–water partition coefficient (Wildman–Crippen LogP) is 0.651. The standard InChI is InChI=1S/C7H10N2O2S/c1-4-9-5(2-3-8)6(12-4)7(10)11/h2-3,8H2,1H3,(H,10,11). The first kappa shape index (κ1) is 9.15. The Morgan fingerprint density at radius 2 is 2.42 bits per heavy atom. The van der Waals surface area contributed by atoms with Gasteiger partial charge in [-0.2, -0.15) is 0 Å². The number of hydrogen-bond donors (Lipinski definition) is 2. The van der Waals surface area contributed by atoms with E-state index >= 15 is 0 Å². The van der Waals surface area contributed by atoms with Crippen molar-refractivity contribution in [1.29, 1.82) is 0 Å². The molecule has 0 spiro atoms. The fourth-order valence-corrected chi connectivity index (χ4v) is 1.75. The molecule has 3 N–H and O–H groups in total. The van der Waals surface area contributed by atoms with Gasteiger partial charge in [-0.25, -0.2) is 9.78 Å². The summed E-state index contributed by atoms with van der Waals surface area (Å²) in [5.41, 5.74) is 5.91. The van der Waals surface area contributed by atoms with Crippen molar-refractivity contribution in [2.24, 2.45) is 5.73 Å². The van der Waals surface area contributed by atoms with E-state index in [0.29, 0.717) is 23.5 Å². The van der Waals surface area contributed by atoms with E-state index in [9.17, 15) is 4.79 Å². The van der Waals surface area contributed by atoms with Gasteiger partial charge in [-0.05, 0) is 13.5 Å². The Morgan fingerprint density at radius 1 is 1.75 bits per heavy atom. The summed E-state index contributed by atoms with van der Waals surface area (Å²) in [4.78, 5) is 15.0. The minimum atomic E-state index is -0.913. The molecule has 1 aromatic heterocycles. The SMILES string of the molecule is Cc1nc(CCN)c(C(=O)O)s1. The second-order valence-corrected chi connectivity index (χ2v) is 3.56. The number of aromatic carboxylic acids is 1. The maximum absolute atomic E-state index is 10.6. The van der Waals surface area contributed by atoms with E-state index in [1.165, 1.54) is 11.3 Å². The molecule has 0 unspecified atom stereocenters. The summed E-state index contributed by atoms with van der Waals surface area (Å²) in [7, 11) is 0.